The zero-order valence-electron chi connectivity index (χ0n) is 13.8. The van der Waals surface area contributed by atoms with Gasteiger partial charge in [-0.1, -0.05) is 34.6 Å². The van der Waals surface area contributed by atoms with Gasteiger partial charge in [0, 0.05) is 19.2 Å². The van der Waals surface area contributed by atoms with Gasteiger partial charge in [0.2, 0.25) is 0 Å². The lowest BCUT2D eigenvalue weighted by molar-refractivity contribution is 0.304. The molecule has 0 aliphatic carbocycles. The summed E-state index contributed by atoms with van der Waals surface area (Å²) in [5, 5.41) is 6.79. The van der Waals surface area contributed by atoms with Gasteiger partial charge in [-0.2, -0.15) is 0 Å². The van der Waals surface area contributed by atoms with Crippen molar-refractivity contribution in [1.29, 1.82) is 0 Å². The van der Waals surface area contributed by atoms with Gasteiger partial charge in [0.1, 0.15) is 17.5 Å². The number of nitrogens with zero attached hydrogens (tertiary/aromatic N) is 2. The van der Waals surface area contributed by atoms with Crippen LogP contribution in [0.5, 0.6) is 0 Å². The van der Waals surface area contributed by atoms with Gasteiger partial charge in [-0.15, -0.1) is 0 Å². The number of rotatable bonds is 8. The van der Waals surface area contributed by atoms with E-state index in [0.717, 1.165) is 37.0 Å². The summed E-state index contributed by atoms with van der Waals surface area (Å²) in [6.45, 7) is 15.1. The third kappa shape index (κ3) is 5.35. The Morgan fingerprint density at radius 1 is 1.00 bits per heavy atom. The zero-order valence-corrected chi connectivity index (χ0v) is 13.8. The van der Waals surface area contributed by atoms with E-state index in [1.165, 1.54) is 0 Å². The highest BCUT2D eigenvalue weighted by atomic mass is 15.1. The van der Waals surface area contributed by atoms with E-state index >= 15 is 0 Å². The summed E-state index contributed by atoms with van der Waals surface area (Å²) < 4.78 is 0. The topological polar surface area (TPSA) is 49.8 Å². The van der Waals surface area contributed by atoms with Crippen LogP contribution in [-0.4, -0.2) is 23.1 Å². The van der Waals surface area contributed by atoms with Crippen molar-refractivity contribution < 1.29 is 0 Å². The van der Waals surface area contributed by atoms with Crippen LogP contribution in [0.3, 0.4) is 0 Å². The second kappa shape index (κ2) is 8.08. The third-order valence-corrected chi connectivity index (χ3v) is 3.63. The molecule has 0 saturated carbocycles. The molecule has 2 N–H and O–H groups in total. The Hall–Kier alpha value is -1.32. The molecule has 4 heteroatoms. The molecular formula is C16H30N4. The summed E-state index contributed by atoms with van der Waals surface area (Å²) in [7, 11) is 0. The van der Waals surface area contributed by atoms with Gasteiger partial charge in [0.25, 0.3) is 0 Å². The van der Waals surface area contributed by atoms with Crippen LogP contribution in [0.1, 0.15) is 46.9 Å². The van der Waals surface area contributed by atoms with E-state index in [1.807, 2.05) is 13.0 Å². The van der Waals surface area contributed by atoms with Crippen LogP contribution in [0.25, 0.3) is 0 Å². The predicted octanol–water partition coefficient (Wildman–Crippen LogP) is 3.95. The first kappa shape index (κ1) is 16.7. The molecule has 1 rings (SSSR count). The summed E-state index contributed by atoms with van der Waals surface area (Å²) in [4.78, 5) is 8.88. The highest BCUT2D eigenvalue weighted by Crippen LogP contribution is 2.21. The molecule has 1 aromatic rings. The lowest BCUT2D eigenvalue weighted by Crippen LogP contribution is -2.25. The molecule has 0 bridgehead atoms. The van der Waals surface area contributed by atoms with E-state index in [4.69, 9.17) is 0 Å². The minimum absolute atomic E-state index is 0.650. The average Bonchev–Trinajstić information content (AvgIpc) is 2.35. The molecule has 0 saturated heterocycles. The van der Waals surface area contributed by atoms with Crippen LogP contribution in [0.2, 0.25) is 0 Å². The molecular weight excluding hydrogens is 248 g/mol. The van der Waals surface area contributed by atoms with Crippen LogP contribution < -0.4 is 10.6 Å². The molecule has 0 radical (unpaired) electrons. The lowest BCUT2D eigenvalue weighted by Gasteiger charge is -2.25. The smallest absolute Gasteiger partial charge is 0.131 e. The molecule has 20 heavy (non-hydrogen) atoms. The minimum Gasteiger partial charge on any atom is -0.370 e. The molecule has 0 fully saturated rings. The maximum Gasteiger partial charge on any atom is 0.131 e. The molecule has 0 amide bonds. The normalized spacial score (nSPS) is 11.4. The fourth-order valence-electron chi connectivity index (χ4n) is 2.47. The SMILES string of the molecule is CCCNc1cc(NCC(C(C)C)C(C)C)nc(C)n1. The number of aryl methyl sites for hydroxylation is 1. The summed E-state index contributed by atoms with van der Waals surface area (Å²) in [5.41, 5.74) is 0. The lowest BCUT2D eigenvalue weighted by atomic mass is 9.85. The standard InChI is InChI=1S/C16H30N4/c1-7-8-17-15-9-16(20-13(6)19-15)18-10-14(11(2)3)12(4)5/h9,11-12,14H,7-8,10H2,1-6H3,(H2,17,18,19,20). The van der Waals surface area contributed by atoms with Gasteiger partial charge in [0.15, 0.2) is 0 Å². The van der Waals surface area contributed by atoms with Crippen molar-refractivity contribution in [3.05, 3.63) is 11.9 Å². The predicted molar refractivity (Wildman–Crippen MR) is 87.2 cm³/mol. The van der Waals surface area contributed by atoms with Crippen molar-refractivity contribution in [2.24, 2.45) is 17.8 Å². The van der Waals surface area contributed by atoms with Crippen LogP contribution in [0, 0.1) is 24.7 Å². The third-order valence-electron chi connectivity index (χ3n) is 3.63. The Morgan fingerprint density at radius 2 is 1.55 bits per heavy atom. The second-order valence-corrected chi connectivity index (χ2v) is 6.15. The van der Waals surface area contributed by atoms with E-state index < -0.39 is 0 Å². The molecule has 1 aromatic heterocycles. The zero-order chi connectivity index (χ0) is 15.1. The molecule has 0 aliphatic heterocycles. The number of hydrogen-bond acceptors (Lipinski definition) is 4. The van der Waals surface area contributed by atoms with Crippen molar-refractivity contribution in [3.63, 3.8) is 0 Å². The van der Waals surface area contributed by atoms with Crippen molar-refractivity contribution in [2.45, 2.75) is 48.0 Å². The monoisotopic (exact) mass is 278 g/mol. The van der Waals surface area contributed by atoms with Crippen molar-refractivity contribution in [1.82, 2.24) is 9.97 Å². The molecule has 4 nitrogen and oxygen atoms in total. The van der Waals surface area contributed by atoms with Gasteiger partial charge in [-0.25, -0.2) is 9.97 Å². The fourth-order valence-corrected chi connectivity index (χ4v) is 2.47. The van der Waals surface area contributed by atoms with Gasteiger partial charge >= 0.3 is 0 Å². The molecule has 0 spiro atoms. The van der Waals surface area contributed by atoms with Gasteiger partial charge in [0.05, 0.1) is 0 Å². The molecule has 0 unspecified atom stereocenters. The molecule has 114 valence electrons. The molecule has 1 heterocycles. The Labute approximate surface area is 123 Å². The maximum absolute atomic E-state index is 4.47. The number of aromatic nitrogens is 2. The van der Waals surface area contributed by atoms with Crippen LogP contribution in [0.15, 0.2) is 6.07 Å². The Morgan fingerprint density at radius 3 is 2.05 bits per heavy atom. The molecule has 0 aromatic carbocycles. The quantitative estimate of drug-likeness (QED) is 0.756. The van der Waals surface area contributed by atoms with E-state index in [2.05, 4.69) is 55.2 Å². The van der Waals surface area contributed by atoms with Crippen LogP contribution in [-0.2, 0) is 0 Å². The summed E-state index contributed by atoms with van der Waals surface area (Å²) >= 11 is 0. The van der Waals surface area contributed by atoms with Crippen molar-refractivity contribution in [3.8, 4) is 0 Å². The minimum atomic E-state index is 0.650. The first-order valence-electron chi connectivity index (χ1n) is 7.77. The second-order valence-electron chi connectivity index (χ2n) is 6.15. The molecule has 0 atom stereocenters. The first-order chi connectivity index (χ1) is 9.43. The highest BCUT2D eigenvalue weighted by Gasteiger charge is 2.17. The number of nitrogens with one attached hydrogen (secondary N) is 2. The van der Waals surface area contributed by atoms with Gasteiger partial charge in [-0.3, -0.25) is 0 Å². The summed E-state index contributed by atoms with van der Waals surface area (Å²) in [6.07, 6.45) is 1.09. The van der Waals surface area contributed by atoms with E-state index in [9.17, 15) is 0 Å². The average molecular weight is 278 g/mol. The first-order valence-corrected chi connectivity index (χ1v) is 7.77. The van der Waals surface area contributed by atoms with E-state index in [1.54, 1.807) is 0 Å². The largest absolute Gasteiger partial charge is 0.370 e. The molecule has 0 aliphatic rings. The van der Waals surface area contributed by atoms with Crippen molar-refractivity contribution >= 4 is 11.6 Å². The Kier molecular flexibility index (Phi) is 6.76. The Balaban J connectivity index is 2.69. The number of hydrogen-bond donors (Lipinski definition) is 2. The van der Waals surface area contributed by atoms with E-state index in [0.29, 0.717) is 17.8 Å². The van der Waals surface area contributed by atoms with Crippen LogP contribution >= 0.6 is 0 Å². The van der Waals surface area contributed by atoms with Crippen molar-refractivity contribution in [2.75, 3.05) is 23.7 Å². The summed E-state index contributed by atoms with van der Waals surface area (Å²) in [5.74, 6) is 4.62. The van der Waals surface area contributed by atoms with Gasteiger partial charge < -0.3 is 10.6 Å². The van der Waals surface area contributed by atoms with E-state index in [-0.39, 0.29) is 0 Å². The Bertz CT molecular complexity index is 393. The fraction of sp³-hybridized carbons (Fsp3) is 0.750. The maximum atomic E-state index is 4.47. The number of anilines is 2. The van der Waals surface area contributed by atoms with Gasteiger partial charge in [-0.05, 0) is 31.1 Å². The summed E-state index contributed by atoms with van der Waals surface area (Å²) in [6, 6.07) is 2.00. The van der Waals surface area contributed by atoms with Crippen LogP contribution in [0.4, 0.5) is 11.6 Å². The highest BCUT2D eigenvalue weighted by molar-refractivity contribution is 5.47.